The summed E-state index contributed by atoms with van der Waals surface area (Å²) in [5.74, 6) is -0.202. The molecule has 2 aromatic carbocycles. The number of aryl methyl sites for hydroxylation is 1. The molecule has 0 bridgehead atoms. The number of carbonyl (C=O) groups excluding carboxylic acids is 2. The third-order valence-corrected chi connectivity index (χ3v) is 8.09. The van der Waals surface area contributed by atoms with Gasteiger partial charge < -0.3 is 20.3 Å². The van der Waals surface area contributed by atoms with E-state index in [0.29, 0.717) is 50.5 Å². The molecule has 0 radical (unpaired) electrons. The minimum atomic E-state index is -3.68. The second kappa shape index (κ2) is 10.1. The lowest BCUT2D eigenvalue weighted by Gasteiger charge is -2.27. The average molecular weight is 487 g/mol. The van der Waals surface area contributed by atoms with Gasteiger partial charge in [-0.25, -0.2) is 8.42 Å². The number of hydrogen-bond acceptors (Lipinski definition) is 6. The average Bonchev–Trinajstić information content (AvgIpc) is 3.26. The van der Waals surface area contributed by atoms with Gasteiger partial charge in [0.2, 0.25) is 21.8 Å². The number of nitrogens with one attached hydrogen (secondary N) is 2. The van der Waals surface area contributed by atoms with Gasteiger partial charge in [0.05, 0.1) is 18.1 Å². The van der Waals surface area contributed by atoms with Gasteiger partial charge in [0.1, 0.15) is 6.04 Å². The Morgan fingerprint density at radius 2 is 1.82 bits per heavy atom. The first-order chi connectivity index (χ1) is 16.3. The van der Waals surface area contributed by atoms with Crippen molar-refractivity contribution in [3.8, 4) is 0 Å². The fourth-order valence-corrected chi connectivity index (χ4v) is 5.79. The molecule has 34 heavy (non-hydrogen) atoms. The van der Waals surface area contributed by atoms with Crippen LogP contribution in [0, 0.1) is 6.92 Å². The van der Waals surface area contributed by atoms with E-state index in [1.165, 1.54) is 10.4 Å². The van der Waals surface area contributed by atoms with Crippen molar-refractivity contribution in [2.45, 2.75) is 37.6 Å². The second-order valence-corrected chi connectivity index (χ2v) is 10.5. The molecular weight excluding hydrogens is 456 g/mol. The predicted molar refractivity (Wildman–Crippen MR) is 131 cm³/mol. The predicted octanol–water partition coefficient (Wildman–Crippen LogP) is 2.58. The summed E-state index contributed by atoms with van der Waals surface area (Å²) >= 11 is 0. The number of nitrogens with zero attached hydrogens (tertiary/aromatic N) is 2. The highest BCUT2D eigenvalue weighted by atomic mass is 32.2. The molecule has 2 aromatic rings. The van der Waals surface area contributed by atoms with Crippen LogP contribution in [0.1, 0.15) is 25.3 Å². The summed E-state index contributed by atoms with van der Waals surface area (Å²) in [5, 5.41) is 5.97. The van der Waals surface area contributed by atoms with E-state index in [1.54, 1.807) is 30.9 Å². The maximum absolute atomic E-state index is 13.1. The minimum absolute atomic E-state index is 0.102. The third-order valence-electron chi connectivity index (χ3n) is 6.05. The van der Waals surface area contributed by atoms with Crippen LogP contribution in [-0.4, -0.2) is 63.4 Å². The van der Waals surface area contributed by atoms with Gasteiger partial charge in [-0.15, -0.1) is 0 Å². The SMILES string of the molecule is Cc1ccc(NC(=O)[C@@H](C)Nc2cccc(N3CCCC3=O)c2)cc1S(=O)(=O)N1CCOCC1. The van der Waals surface area contributed by atoms with Gasteiger partial charge in [0.25, 0.3) is 0 Å². The van der Waals surface area contributed by atoms with Crippen molar-refractivity contribution in [1.29, 1.82) is 0 Å². The van der Waals surface area contributed by atoms with Crippen LogP contribution in [0.4, 0.5) is 17.1 Å². The quantitative estimate of drug-likeness (QED) is 0.623. The van der Waals surface area contributed by atoms with Gasteiger partial charge in [0, 0.05) is 43.1 Å². The molecule has 0 aliphatic carbocycles. The van der Waals surface area contributed by atoms with Crippen molar-refractivity contribution in [2.24, 2.45) is 0 Å². The van der Waals surface area contributed by atoms with Crippen molar-refractivity contribution in [3.05, 3.63) is 48.0 Å². The Morgan fingerprint density at radius 1 is 1.06 bits per heavy atom. The Hall–Kier alpha value is -2.95. The van der Waals surface area contributed by atoms with E-state index < -0.39 is 16.1 Å². The van der Waals surface area contributed by atoms with Gasteiger partial charge in [-0.05, 0) is 56.2 Å². The topological polar surface area (TPSA) is 108 Å². The minimum Gasteiger partial charge on any atom is -0.379 e. The monoisotopic (exact) mass is 486 g/mol. The summed E-state index contributed by atoms with van der Waals surface area (Å²) in [5.41, 5.74) is 2.55. The number of sulfonamides is 1. The fourth-order valence-electron chi connectivity index (χ4n) is 4.13. The van der Waals surface area contributed by atoms with Crippen LogP contribution in [0.5, 0.6) is 0 Å². The van der Waals surface area contributed by atoms with Crippen molar-refractivity contribution in [3.63, 3.8) is 0 Å². The lowest BCUT2D eigenvalue weighted by molar-refractivity contribution is -0.117. The number of amides is 2. The molecule has 2 aliphatic heterocycles. The first-order valence-electron chi connectivity index (χ1n) is 11.4. The molecule has 0 spiro atoms. The number of rotatable bonds is 7. The summed E-state index contributed by atoms with van der Waals surface area (Å²) in [4.78, 5) is 26.8. The summed E-state index contributed by atoms with van der Waals surface area (Å²) in [7, 11) is -3.68. The maximum Gasteiger partial charge on any atom is 0.246 e. The zero-order valence-electron chi connectivity index (χ0n) is 19.4. The highest BCUT2D eigenvalue weighted by Crippen LogP contribution is 2.26. The number of morpholine rings is 1. The molecule has 2 saturated heterocycles. The van der Waals surface area contributed by atoms with Crippen molar-refractivity contribution >= 4 is 38.9 Å². The largest absolute Gasteiger partial charge is 0.379 e. The van der Waals surface area contributed by atoms with Gasteiger partial charge >= 0.3 is 0 Å². The van der Waals surface area contributed by atoms with Gasteiger partial charge in [-0.2, -0.15) is 4.31 Å². The molecule has 0 saturated carbocycles. The molecule has 2 aliphatic rings. The molecule has 0 unspecified atom stereocenters. The van der Waals surface area contributed by atoms with Crippen molar-refractivity contribution in [1.82, 2.24) is 4.31 Å². The Labute approximate surface area is 200 Å². The molecule has 1 atom stereocenters. The Balaban J connectivity index is 1.44. The third kappa shape index (κ3) is 5.24. The van der Waals surface area contributed by atoms with Crippen LogP contribution in [-0.2, 0) is 24.3 Å². The highest BCUT2D eigenvalue weighted by molar-refractivity contribution is 7.89. The second-order valence-electron chi connectivity index (χ2n) is 8.55. The maximum atomic E-state index is 13.1. The normalized spacial score (nSPS) is 18.1. The molecule has 2 amide bonds. The zero-order valence-corrected chi connectivity index (χ0v) is 20.2. The zero-order chi connectivity index (χ0) is 24.3. The van der Waals surface area contributed by atoms with E-state index in [4.69, 9.17) is 4.74 Å². The number of benzene rings is 2. The number of ether oxygens (including phenoxy) is 1. The first kappa shape index (κ1) is 24.2. The molecule has 2 N–H and O–H groups in total. The van der Waals surface area contributed by atoms with Crippen LogP contribution in [0.25, 0.3) is 0 Å². The van der Waals surface area contributed by atoms with Crippen molar-refractivity contribution < 1.29 is 22.7 Å². The van der Waals surface area contributed by atoms with E-state index in [1.807, 2.05) is 24.3 Å². The van der Waals surface area contributed by atoms with E-state index in [-0.39, 0.29) is 16.7 Å². The Bertz CT molecular complexity index is 1180. The number of hydrogen-bond donors (Lipinski definition) is 2. The van der Waals surface area contributed by atoms with E-state index in [0.717, 1.165) is 17.8 Å². The molecule has 0 aromatic heterocycles. The van der Waals surface area contributed by atoms with Gasteiger partial charge in [-0.1, -0.05) is 12.1 Å². The summed E-state index contributed by atoms with van der Waals surface area (Å²) < 4.78 is 32.9. The summed E-state index contributed by atoms with van der Waals surface area (Å²) in [6, 6.07) is 11.7. The molecule has 2 heterocycles. The number of carbonyl (C=O) groups is 2. The fraction of sp³-hybridized carbons (Fsp3) is 0.417. The van der Waals surface area contributed by atoms with Crippen LogP contribution in [0.3, 0.4) is 0 Å². The Kier molecular flexibility index (Phi) is 7.20. The van der Waals surface area contributed by atoms with Gasteiger partial charge in [-0.3, -0.25) is 9.59 Å². The van der Waals surface area contributed by atoms with Crippen LogP contribution in [0.15, 0.2) is 47.4 Å². The number of anilines is 3. The first-order valence-corrected chi connectivity index (χ1v) is 12.9. The van der Waals surface area contributed by atoms with Crippen molar-refractivity contribution in [2.75, 3.05) is 48.4 Å². The summed E-state index contributed by atoms with van der Waals surface area (Å²) in [6.45, 7) is 5.50. The standard InChI is InChI=1S/C24H30N4O5S/c1-17-8-9-20(16-22(17)34(31,32)27-11-13-33-14-12-27)26-24(30)18(2)25-19-5-3-6-21(15-19)28-10-4-7-23(28)29/h3,5-6,8-9,15-16,18,25H,4,7,10-14H2,1-2H3,(H,26,30)/t18-/m1/s1. The molecular formula is C24H30N4O5S. The van der Waals surface area contributed by atoms with Crippen LogP contribution >= 0.6 is 0 Å². The highest BCUT2D eigenvalue weighted by Gasteiger charge is 2.28. The molecule has 182 valence electrons. The van der Waals surface area contributed by atoms with E-state index in [2.05, 4.69) is 10.6 Å². The van der Waals surface area contributed by atoms with E-state index in [9.17, 15) is 18.0 Å². The van der Waals surface area contributed by atoms with Crippen LogP contribution in [0.2, 0.25) is 0 Å². The smallest absolute Gasteiger partial charge is 0.246 e. The summed E-state index contributed by atoms with van der Waals surface area (Å²) in [6.07, 6.45) is 1.39. The molecule has 2 fully saturated rings. The Morgan fingerprint density at radius 3 is 2.53 bits per heavy atom. The molecule has 4 rings (SSSR count). The lowest BCUT2D eigenvalue weighted by Crippen LogP contribution is -2.40. The van der Waals surface area contributed by atoms with E-state index >= 15 is 0 Å². The molecule has 9 nitrogen and oxygen atoms in total. The lowest BCUT2D eigenvalue weighted by atomic mass is 10.2. The molecule has 10 heteroatoms. The van der Waals surface area contributed by atoms with Gasteiger partial charge in [0.15, 0.2) is 0 Å². The van der Waals surface area contributed by atoms with Crippen LogP contribution < -0.4 is 15.5 Å².